The van der Waals surface area contributed by atoms with Gasteiger partial charge in [-0.1, -0.05) is 13.3 Å². The van der Waals surface area contributed by atoms with Crippen molar-refractivity contribution < 1.29 is 27.4 Å². The summed E-state index contributed by atoms with van der Waals surface area (Å²) in [5.41, 5.74) is 0. The average Bonchev–Trinajstić information content (AvgIpc) is 2.74. The van der Waals surface area contributed by atoms with E-state index < -0.39 is 12.6 Å². The molecule has 0 aromatic heterocycles. The highest BCUT2D eigenvalue weighted by Gasteiger charge is 2.36. The number of halogens is 3. The molecule has 0 bridgehead atoms. The summed E-state index contributed by atoms with van der Waals surface area (Å²) < 4.78 is 54.8. The van der Waals surface area contributed by atoms with Gasteiger partial charge in [0, 0.05) is 24.9 Å². The Morgan fingerprint density at radius 3 is 1.93 bits per heavy atom. The van der Waals surface area contributed by atoms with Crippen molar-refractivity contribution in [3.63, 3.8) is 0 Å². The zero-order valence-electron chi connectivity index (χ0n) is 18.6. The van der Waals surface area contributed by atoms with E-state index in [0.29, 0.717) is 31.7 Å². The summed E-state index contributed by atoms with van der Waals surface area (Å²) in [6.07, 6.45) is 8.53. The summed E-state index contributed by atoms with van der Waals surface area (Å²) in [6.45, 7) is 4.22. The van der Waals surface area contributed by atoms with Gasteiger partial charge in [0.2, 0.25) is 0 Å². The summed E-state index contributed by atoms with van der Waals surface area (Å²) in [5.74, 6) is 2.24. The van der Waals surface area contributed by atoms with Crippen molar-refractivity contribution in [3.8, 4) is 0 Å². The summed E-state index contributed by atoms with van der Waals surface area (Å²) >= 11 is 0. The van der Waals surface area contributed by atoms with E-state index in [4.69, 9.17) is 14.2 Å². The zero-order chi connectivity index (χ0) is 21.4. The minimum Gasteiger partial charge on any atom is -0.378 e. The molecule has 1 saturated heterocycles. The Kier molecular flexibility index (Phi) is 9.77. The molecule has 30 heavy (non-hydrogen) atoms. The Balaban J connectivity index is 1.28. The van der Waals surface area contributed by atoms with Crippen molar-refractivity contribution in [2.75, 3.05) is 19.8 Å². The number of rotatable bonds is 9. The summed E-state index contributed by atoms with van der Waals surface area (Å²) in [6, 6.07) is 0. The first-order valence-electron chi connectivity index (χ1n) is 12.4. The second-order valence-corrected chi connectivity index (χ2v) is 9.84. The minimum absolute atomic E-state index is 0.106. The molecule has 6 heteroatoms. The van der Waals surface area contributed by atoms with Gasteiger partial charge in [-0.05, 0) is 82.5 Å². The lowest BCUT2D eigenvalue weighted by molar-refractivity contribution is -0.231. The first-order valence-corrected chi connectivity index (χ1v) is 12.4. The molecule has 3 nitrogen and oxygen atoms in total. The van der Waals surface area contributed by atoms with Gasteiger partial charge in [0.15, 0.2) is 6.29 Å². The Morgan fingerprint density at radius 1 is 0.800 bits per heavy atom. The molecule has 0 N–H and O–H groups in total. The lowest BCUT2D eigenvalue weighted by atomic mass is 9.70. The number of unbranched alkanes of at least 4 members (excludes halogenated alkanes) is 1. The van der Waals surface area contributed by atoms with Gasteiger partial charge in [0.1, 0.15) is 0 Å². The molecule has 0 amide bonds. The van der Waals surface area contributed by atoms with Crippen LogP contribution < -0.4 is 0 Å². The Bertz CT molecular complexity index is 461. The van der Waals surface area contributed by atoms with Gasteiger partial charge in [0.25, 0.3) is 0 Å². The molecule has 1 heterocycles. The molecular weight excluding hydrogens is 393 g/mol. The van der Waals surface area contributed by atoms with Crippen LogP contribution >= 0.6 is 0 Å². The normalized spacial score (nSPS) is 36.0. The predicted molar refractivity (Wildman–Crippen MR) is 111 cm³/mol. The first-order chi connectivity index (χ1) is 14.4. The second kappa shape index (κ2) is 12.1. The molecule has 176 valence electrons. The molecule has 3 aliphatic rings. The lowest BCUT2D eigenvalue weighted by Crippen LogP contribution is -2.39. The van der Waals surface area contributed by atoms with E-state index in [1.54, 1.807) is 0 Å². The fourth-order valence-electron chi connectivity index (χ4n) is 5.60. The largest absolute Gasteiger partial charge is 0.389 e. The predicted octanol–water partition coefficient (Wildman–Crippen LogP) is 6.89. The van der Waals surface area contributed by atoms with E-state index in [1.807, 2.05) is 0 Å². The van der Waals surface area contributed by atoms with Gasteiger partial charge < -0.3 is 14.2 Å². The van der Waals surface area contributed by atoms with Crippen LogP contribution in [-0.4, -0.2) is 38.4 Å². The van der Waals surface area contributed by atoms with Gasteiger partial charge in [-0.15, -0.1) is 0 Å². The zero-order valence-corrected chi connectivity index (χ0v) is 18.6. The van der Waals surface area contributed by atoms with Crippen LogP contribution in [0.1, 0.15) is 90.4 Å². The van der Waals surface area contributed by atoms with Gasteiger partial charge in [0.05, 0.1) is 19.3 Å². The fourth-order valence-corrected chi connectivity index (χ4v) is 5.60. The van der Waals surface area contributed by atoms with Crippen molar-refractivity contribution in [2.45, 2.75) is 109 Å². The summed E-state index contributed by atoms with van der Waals surface area (Å²) in [4.78, 5) is 0. The fraction of sp³-hybridized carbons (Fsp3) is 1.00. The molecule has 0 aromatic carbocycles. The van der Waals surface area contributed by atoms with Crippen LogP contribution in [0.5, 0.6) is 0 Å². The van der Waals surface area contributed by atoms with E-state index >= 15 is 0 Å². The van der Waals surface area contributed by atoms with Crippen molar-refractivity contribution >= 4 is 0 Å². The molecule has 0 radical (unpaired) electrons. The van der Waals surface area contributed by atoms with Gasteiger partial charge in [-0.2, -0.15) is 13.2 Å². The molecular formula is C24H41F3O3. The quantitative estimate of drug-likeness (QED) is 0.370. The molecule has 0 aromatic rings. The van der Waals surface area contributed by atoms with Crippen molar-refractivity contribution in [1.29, 1.82) is 0 Å². The number of alkyl halides is 3. The van der Waals surface area contributed by atoms with Crippen LogP contribution in [-0.2, 0) is 14.2 Å². The highest BCUT2D eigenvalue weighted by atomic mass is 19.4. The van der Waals surface area contributed by atoms with Crippen LogP contribution in [0.3, 0.4) is 0 Å². The second-order valence-electron chi connectivity index (χ2n) is 9.84. The van der Waals surface area contributed by atoms with Gasteiger partial charge >= 0.3 is 6.18 Å². The van der Waals surface area contributed by atoms with Gasteiger partial charge in [-0.25, -0.2) is 0 Å². The Labute approximate surface area is 180 Å². The highest BCUT2D eigenvalue weighted by Crippen LogP contribution is 2.42. The third-order valence-corrected chi connectivity index (χ3v) is 7.50. The molecule has 3 rings (SSSR count). The number of hydrogen-bond donors (Lipinski definition) is 0. The van der Waals surface area contributed by atoms with Crippen LogP contribution in [0.25, 0.3) is 0 Å². The van der Waals surface area contributed by atoms with Crippen LogP contribution in [0.15, 0.2) is 0 Å². The number of hydrogen-bond acceptors (Lipinski definition) is 3. The number of ether oxygens (including phenoxy) is 3. The molecule has 0 unspecified atom stereocenters. The molecule has 0 atom stereocenters. The van der Waals surface area contributed by atoms with Crippen molar-refractivity contribution in [2.24, 2.45) is 23.7 Å². The molecule has 0 spiro atoms. The molecule has 3 fully saturated rings. The summed E-state index contributed by atoms with van der Waals surface area (Å²) in [7, 11) is 0. The van der Waals surface area contributed by atoms with Crippen LogP contribution in [0.2, 0.25) is 0 Å². The van der Waals surface area contributed by atoms with E-state index in [1.165, 1.54) is 51.4 Å². The van der Waals surface area contributed by atoms with Crippen molar-refractivity contribution in [3.05, 3.63) is 0 Å². The van der Waals surface area contributed by atoms with Crippen LogP contribution in [0.4, 0.5) is 13.2 Å². The Hall–Kier alpha value is -0.330. The van der Waals surface area contributed by atoms with Crippen LogP contribution in [0, 0.1) is 23.7 Å². The van der Waals surface area contributed by atoms with Gasteiger partial charge in [-0.3, -0.25) is 0 Å². The highest BCUT2D eigenvalue weighted by molar-refractivity contribution is 4.84. The smallest absolute Gasteiger partial charge is 0.378 e. The Morgan fingerprint density at radius 2 is 1.37 bits per heavy atom. The third-order valence-electron chi connectivity index (χ3n) is 7.50. The summed E-state index contributed by atoms with van der Waals surface area (Å²) in [5, 5.41) is 0. The maximum Gasteiger partial charge on any atom is 0.389 e. The third kappa shape index (κ3) is 7.98. The SMILES string of the molecule is CCCCO[C@H]1CC[C@H](C2CCC([C@H]3OC[C@H](CCCC(F)(F)F)CO3)CC2)CC1. The van der Waals surface area contributed by atoms with Crippen molar-refractivity contribution in [1.82, 2.24) is 0 Å². The van der Waals surface area contributed by atoms with E-state index in [-0.39, 0.29) is 18.6 Å². The lowest BCUT2D eigenvalue weighted by Gasteiger charge is -2.41. The molecule has 1 aliphatic heterocycles. The molecule has 2 saturated carbocycles. The molecule has 2 aliphatic carbocycles. The first kappa shape index (κ1) is 24.3. The standard InChI is InChI=1S/C24H41F3O3/c1-2-3-15-28-22-12-10-20(11-13-22)19-6-8-21(9-7-19)23-29-16-18(17-30-23)5-4-14-24(25,26)27/h18-23H,2-17H2,1H3/t18-,19?,20-,21?,22-,23-. The minimum atomic E-state index is -4.06. The maximum atomic E-state index is 12.3. The maximum absolute atomic E-state index is 12.3. The van der Waals surface area contributed by atoms with E-state index in [9.17, 15) is 13.2 Å². The van der Waals surface area contributed by atoms with E-state index in [2.05, 4.69) is 6.92 Å². The monoisotopic (exact) mass is 434 g/mol. The average molecular weight is 435 g/mol. The van der Waals surface area contributed by atoms with E-state index in [0.717, 1.165) is 31.3 Å². The topological polar surface area (TPSA) is 27.7 Å².